The van der Waals surface area contributed by atoms with Crippen molar-refractivity contribution in [3.05, 3.63) is 35.9 Å². The maximum atomic E-state index is 9.47. The molecule has 1 aromatic rings. The molecule has 1 fully saturated rings. The van der Waals surface area contributed by atoms with E-state index in [2.05, 4.69) is 37.4 Å². The van der Waals surface area contributed by atoms with Crippen LogP contribution in [-0.2, 0) is 5.41 Å². The van der Waals surface area contributed by atoms with Crippen LogP contribution in [0.2, 0.25) is 0 Å². The minimum atomic E-state index is -0.239. The number of nitriles is 1. The Balaban J connectivity index is 1.79. The van der Waals surface area contributed by atoms with Crippen molar-refractivity contribution in [3.8, 4) is 6.07 Å². The molecule has 19 heavy (non-hydrogen) atoms. The van der Waals surface area contributed by atoms with E-state index in [1.807, 2.05) is 18.2 Å². The summed E-state index contributed by atoms with van der Waals surface area (Å²) in [5, 5.41) is 13.1. The van der Waals surface area contributed by atoms with Crippen LogP contribution < -0.4 is 5.32 Å². The van der Waals surface area contributed by atoms with Crippen LogP contribution in [0, 0.1) is 17.2 Å². The zero-order chi connectivity index (χ0) is 13.7. The van der Waals surface area contributed by atoms with Gasteiger partial charge in [0.05, 0.1) is 11.5 Å². The molecule has 0 aromatic heterocycles. The molecule has 0 spiro atoms. The summed E-state index contributed by atoms with van der Waals surface area (Å²) in [7, 11) is 0. The summed E-state index contributed by atoms with van der Waals surface area (Å²) in [5.41, 5.74) is 0.939. The Bertz CT molecular complexity index is 424. The summed E-state index contributed by atoms with van der Waals surface area (Å²) >= 11 is 0. The molecule has 1 N–H and O–H groups in total. The molecule has 2 heteroatoms. The number of hydrogen-bond donors (Lipinski definition) is 1. The molecule has 0 unspecified atom stereocenters. The highest BCUT2D eigenvalue weighted by Gasteiger charge is 2.45. The number of nitrogens with one attached hydrogen (secondary N) is 1. The Kier molecular flexibility index (Phi) is 4.61. The molecule has 0 heterocycles. The van der Waals surface area contributed by atoms with E-state index in [9.17, 15) is 5.26 Å². The van der Waals surface area contributed by atoms with Gasteiger partial charge in [-0.05, 0) is 43.7 Å². The Morgan fingerprint density at radius 2 is 2.00 bits per heavy atom. The van der Waals surface area contributed by atoms with Crippen molar-refractivity contribution in [2.75, 3.05) is 6.54 Å². The van der Waals surface area contributed by atoms with Gasteiger partial charge < -0.3 is 5.32 Å². The largest absolute Gasteiger partial charge is 0.314 e. The zero-order valence-corrected chi connectivity index (χ0v) is 12.0. The van der Waals surface area contributed by atoms with Gasteiger partial charge in [-0.15, -0.1) is 0 Å². The van der Waals surface area contributed by atoms with Gasteiger partial charge in [0.2, 0.25) is 0 Å². The minimum Gasteiger partial charge on any atom is -0.314 e. The fourth-order valence-electron chi connectivity index (χ4n) is 2.89. The molecule has 2 nitrogen and oxygen atoms in total. The first-order valence-electron chi connectivity index (χ1n) is 7.36. The lowest BCUT2D eigenvalue weighted by molar-refractivity contribution is 0.225. The van der Waals surface area contributed by atoms with Gasteiger partial charge in [-0.3, -0.25) is 0 Å². The Morgan fingerprint density at radius 3 is 2.58 bits per heavy atom. The average molecular weight is 256 g/mol. The van der Waals surface area contributed by atoms with Gasteiger partial charge in [0, 0.05) is 6.04 Å². The van der Waals surface area contributed by atoms with Crippen LogP contribution in [0.15, 0.2) is 30.3 Å². The summed E-state index contributed by atoms with van der Waals surface area (Å²) in [5.74, 6) is 0.783. The maximum Gasteiger partial charge on any atom is 0.0852 e. The van der Waals surface area contributed by atoms with Gasteiger partial charge >= 0.3 is 0 Å². The molecular weight excluding hydrogens is 232 g/mol. The van der Waals surface area contributed by atoms with Crippen LogP contribution in [0.5, 0.6) is 0 Å². The number of hydrogen-bond acceptors (Lipinski definition) is 2. The van der Waals surface area contributed by atoms with Crippen molar-refractivity contribution in [3.63, 3.8) is 0 Å². The maximum absolute atomic E-state index is 9.47. The molecule has 1 aliphatic carbocycles. The highest BCUT2D eigenvalue weighted by atomic mass is 14.9. The second-order valence-corrected chi connectivity index (χ2v) is 6.16. The van der Waals surface area contributed by atoms with Gasteiger partial charge in [-0.25, -0.2) is 0 Å². The minimum absolute atomic E-state index is 0.239. The summed E-state index contributed by atoms with van der Waals surface area (Å²) in [6, 6.07) is 13.3. The molecule has 0 radical (unpaired) electrons. The highest BCUT2D eigenvalue weighted by molar-refractivity contribution is 5.36. The van der Waals surface area contributed by atoms with Gasteiger partial charge in [0.25, 0.3) is 0 Å². The van der Waals surface area contributed by atoms with Gasteiger partial charge in [-0.1, -0.05) is 44.2 Å². The van der Waals surface area contributed by atoms with Crippen LogP contribution >= 0.6 is 0 Å². The first kappa shape index (κ1) is 14.1. The molecule has 1 aromatic carbocycles. The molecule has 0 bridgehead atoms. The van der Waals surface area contributed by atoms with Crippen LogP contribution in [0.25, 0.3) is 0 Å². The monoisotopic (exact) mass is 256 g/mol. The van der Waals surface area contributed by atoms with Crippen molar-refractivity contribution in [1.29, 1.82) is 5.26 Å². The standard InChI is InChI=1S/C17H24N2/c1-14(2)7-6-10-19-16-11-17(12-16,13-18)15-8-4-3-5-9-15/h3-5,8-9,14,16,19H,6-7,10-12H2,1-2H3. The molecule has 0 saturated heterocycles. The Labute approximate surface area is 116 Å². The van der Waals surface area contributed by atoms with Crippen LogP contribution in [-0.4, -0.2) is 12.6 Å². The number of benzene rings is 1. The normalized spacial score (nSPS) is 25.9. The van der Waals surface area contributed by atoms with E-state index in [1.54, 1.807) is 0 Å². The fourth-order valence-corrected chi connectivity index (χ4v) is 2.89. The van der Waals surface area contributed by atoms with Gasteiger partial charge in [0.15, 0.2) is 0 Å². The van der Waals surface area contributed by atoms with E-state index >= 15 is 0 Å². The van der Waals surface area contributed by atoms with E-state index in [-0.39, 0.29) is 5.41 Å². The number of nitrogens with zero attached hydrogens (tertiary/aromatic N) is 1. The molecule has 102 valence electrons. The van der Waals surface area contributed by atoms with Crippen molar-refractivity contribution >= 4 is 0 Å². The van der Waals surface area contributed by atoms with Crippen LogP contribution in [0.1, 0.15) is 45.1 Å². The Hall–Kier alpha value is -1.33. The first-order valence-corrected chi connectivity index (χ1v) is 7.36. The van der Waals surface area contributed by atoms with Gasteiger partial charge in [0.1, 0.15) is 0 Å². The third-order valence-corrected chi connectivity index (χ3v) is 4.12. The molecule has 0 atom stereocenters. The smallest absolute Gasteiger partial charge is 0.0852 e. The third kappa shape index (κ3) is 3.36. The topological polar surface area (TPSA) is 35.8 Å². The molecular formula is C17H24N2. The van der Waals surface area contributed by atoms with Gasteiger partial charge in [-0.2, -0.15) is 5.26 Å². The van der Waals surface area contributed by atoms with Crippen molar-refractivity contribution in [2.45, 2.75) is 51.0 Å². The summed E-state index contributed by atoms with van der Waals surface area (Å²) < 4.78 is 0. The molecule has 0 amide bonds. The quantitative estimate of drug-likeness (QED) is 0.789. The number of rotatable bonds is 6. The Morgan fingerprint density at radius 1 is 1.32 bits per heavy atom. The van der Waals surface area contributed by atoms with Crippen molar-refractivity contribution in [2.24, 2.45) is 5.92 Å². The summed E-state index contributed by atoms with van der Waals surface area (Å²) in [6.45, 7) is 5.61. The fraction of sp³-hybridized carbons (Fsp3) is 0.588. The summed E-state index contributed by atoms with van der Waals surface area (Å²) in [4.78, 5) is 0. The molecule has 1 aliphatic rings. The van der Waals surface area contributed by atoms with Crippen LogP contribution in [0.3, 0.4) is 0 Å². The molecule has 0 aliphatic heterocycles. The highest BCUT2D eigenvalue weighted by Crippen LogP contribution is 2.43. The van der Waals surface area contributed by atoms with Crippen LogP contribution in [0.4, 0.5) is 0 Å². The second-order valence-electron chi connectivity index (χ2n) is 6.16. The molecule has 2 rings (SSSR count). The van der Waals surface area contributed by atoms with E-state index in [0.29, 0.717) is 6.04 Å². The third-order valence-electron chi connectivity index (χ3n) is 4.12. The lowest BCUT2D eigenvalue weighted by atomic mass is 9.62. The average Bonchev–Trinajstić information content (AvgIpc) is 2.37. The van der Waals surface area contributed by atoms with E-state index in [0.717, 1.165) is 25.3 Å². The van der Waals surface area contributed by atoms with Crippen molar-refractivity contribution < 1.29 is 0 Å². The summed E-state index contributed by atoms with van der Waals surface area (Å²) in [6.07, 6.45) is 4.42. The van der Waals surface area contributed by atoms with E-state index in [1.165, 1.54) is 18.4 Å². The zero-order valence-electron chi connectivity index (χ0n) is 12.0. The second kappa shape index (κ2) is 6.21. The lowest BCUT2D eigenvalue weighted by Crippen LogP contribution is -2.51. The molecule has 1 saturated carbocycles. The van der Waals surface area contributed by atoms with Crippen molar-refractivity contribution in [1.82, 2.24) is 5.32 Å². The van der Waals surface area contributed by atoms with E-state index in [4.69, 9.17) is 0 Å². The lowest BCUT2D eigenvalue weighted by Gasteiger charge is -2.43. The first-order chi connectivity index (χ1) is 9.16. The van der Waals surface area contributed by atoms with E-state index < -0.39 is 0 Å². The SMILES string of the molecule is CC(C)CCCNC1CC(C#N)(c2ccccc2)C1. The predicted molar refractivity (Wildman–Crippen MR) is 78.8 cm³/mol. The predicted octanol–water partition coefficient (Wildman–Crippen LogP) is 3.64.